The van der Waals surface area contributed by atoms with Crippen LogP contribution >= 0.6 is 0 Å². The average Bonchev–Trinajstić information content (AvgIpc) is 1.32. The van der Waals surface area contributed by atoms with Crippen molar-refractivity contribution in [1.29, 1.82) is 0 Å². The van der Waals surface area contributed by atoms with E-state index >= 15 is 0 Å². The van der Waals surface area contributed by atoms with Gasteiger partial charge in [0.25, 0.3) is 0 Å². The van der Waals surface area contributed by atoms with Crippen molar-refractivity contribution in [2.24, 2.45) is 119 Å². The van der Waals surface area contributed by atoms with E-state index in [-0.39, 0.29) is 5.89 Å². The molecule has 0 unspecified atom stereocenters. The summed E-state index contributed by atoms with van der Waals surface area (Å²) in [4.78, 5) is 0. The van der Waals surface area contributed by atoms with Gasteiger partial charge in [-0.3, -0.25) is 0 Å². The van der Waals surface area contributed by atoms with Crippen LogP contribution in [0.3, 0.4) is 0 Å². The minimum Gasteiger partial charge on any atom is -0.0649 e. The van der Waals surface area contributed by atoms with Crippen LogP contribution in [0.2, 0.25) is 0 Å². The second kappa shape index (κ2) is 31.3. The Hall–Kier alpha value is 0. The highest BCUT2D eigenvalue weighted by Crippen LogP contribution is 2.63. The first-order valence-electron chi connectivity index (χ1n) is 39.8. The van der Waals surface area contributed by atoms with E-state index in [1.54, 1.807) is 89.9 Å². The summed E-state index contributed by atoms with van der Waals surface area (Å²) in [6, 6.07) is 0. The Morgan fingerprint density at radius 1 is 0.376 bits per heavy atom. The average molecular weight is 1180 g/mol. The number of hydrogen-bond donors (Lipinski definition) is 0. The van der Waals surface area contributed by atoms with Gasteiger partial charge in [-0.25, -0.2) is 0 Å². The first kappa shape index (κ1) is 72.4. The monoisotopic (exact) mass is 1180 g/mol. The van der Waals surface area contributed by atoms with Gasteiger partial charge in [0.15, 0.2) is 0 Å². The third-order valence-electron chi connectivity index (χ3n) is 27.9. The molecule has 0 N–H and O–H groups in total. The Kier molecular flexibility index (Phi) is 26.7. The van der Waals surface area contributed by atoms with E-state index in [1.807, 2.05) is 20.8 Å². The topological polar surface area (TPSA) is 0 Å². The van der Waals surface area contributed by atoms with Gasteiger partial charge < -0.3 is 0 Å². The van der Waals surface area contributed by atoms with Crippen LogP contribution in [0.4, 0.5) is 0 Å². The molecule has 0 amide bonds. The molecular weight excluding hydrogens is 1020 g/mol. The summed E-state index contributed by atoms with van der Waals surface area (Å²) in [7, 11) is 0. The summed E-state index contributed by atoms with van der Waals surface area (Å²) in [5.41, 5.74) is 6.98. The van der Waals surface area contributed by atoms with Gasteiger partial charge in [0.05, 0.1) is 0 Å². The standard InChI is InChI=1S/C16H30.C14H26.C12H20.C12H22.2C11H20.C5H12.C4H10/c1-13-6-8-16(9-7-13)11-14(2,3)10-15(4,5)12-16;1-12-4-6-14(7-5-12)10-8-13(2,3)9-11-14;1-2-12-6-9-3-10(7-12)5-11(4-9)8-12;1-11-5-9-12(10-6-11)7-3-2-4-8-12;1-8-9-4-6-10(7-5-9)11(8,2)3;1-10-4-8-11(9-5-10)6-2-3-7-11;1-5(2,3)4;1-4(2)3/h13H,6-12H2,1-5H3;12H,4-11H2,1-3H3;9-11H,2-8H2,1H3;11H,2-10H2,1H3;8-10H,4-7H2,1-3H3;10H,2-9H2,1H3;1-4H3;4H,1-3H3/t;;;;8-,9?,10?;;;/m....1.../s1/i;;;;;;;4D. The lowest BCUT2D eigenvalue weighted by molar-refractivity contribution is -0.0545. The van der Waals surface area contributed by atoms with Gasteiger partial charge in [0.1, 0.15) is 0 Å². The van der Waals surface area contributed by atoms with Gasteiger partial charge in [-0.2, -0.15) is 0 Å². The van der Waals surface area contributed by atoms with Crippen LogP contribution in [-0.4, -0.2) is 0 Å². The highest BCUT2D eigenvalue weighted by atomic mass is 14.6. The first-order valence-corrected chi connectivity index (χ1v) is 39.3. The van der Waals surface area contributed by atoms with Crippen LogP contribution in [0.25, 0.3) is 0 Å². The fourth-order valence-corrected chi connectivity index (χ4v) is 22.8. The highest BCUT2D eigenvalue weighted by Gasteiger charge is 2.51. The van der Waals surface area contributed by atoms with E-state index in [9.17, 15) is 0 Å². The molecule has 1 atom stereocenters. The summed E-state index contributed by atoms with van der Waals surface area (Å²) < 4.78 is 6.94. The van der Waals surface area contributed by atoms with E-state index < -0.39 is 0 Å². The zero-order valence-electron chi connectivity index (χ0n) is 63.7. The molecule has 15 aliphatic rings. The largest absolute Gasteiger partial charge is 0.0649 e. The molecule has 15 fully saturated rings. The van der Waals surface area contributed by atoms with E-state index in [1.165, 1.54) is 186 Å². The molecule has 0 aliphatic heterocycles. The molecule has 0 radical (unpaired) electrons. The van der Waals surface area contributed by atoms with Gasteiger partial charge >= 0.3 is 0 Å². The lowest BCUT2D eigenvalue weighted by atomic mass is 9.49. The predicted octanol–water partition coefficient (Wildman–Crippen LogP) is 28.9. The third-order valence-corrected chi connectivity index (χ3v) is 27.9. The van der Waals surface area contributed by atoms with Crippen molar-refractivity contribution in [3.05, 3.63) is 0 Å². The second-order valence-electron chi connectivity index (χ2n) is 41.0. The molecule has 500 valence electrons. The zero-order valence-corrected chi connectivity index (χ0v) is 62.7. The van der Waals surface area contributed by atoms with Crippen LogP contribution in [0, 0.1) is 119 Å². The zero-order chi connectivity index (χ0) is 63.7. The number of rotatable bonds is 1. The minimum absolute atomic E-state index is 0.250. The molecule has 0 aromatic carbocycles. The predicted molar refractivity (Wildman–Crippen MR) is 380 cm³/mol. The third kappa shape index (κ3) is 23.5. The Labute approximate surface area is 539 Å². The quantitative estimate of drug-likeness (QED) is 0.245. The molecule has 85 heavy (non-hydrogen) atoms. The van der Waals surface area contributed by atoms with Gasteiger partial charge in [0.2, 0.25) is 0 Å². The second-order valence-corrected chi connectivity index (χ2v) is 41.0. The summed E-state index contributed by atoms with van der Waals surface area (Å²) in [6.07, 6.45) is 65.6. The van der Waals surface area contributed by atoms with Crippen molar-refractivity contribution in [2.45, 2.75) is 421 Å². The Balaban J connectivity index is 0.000000161. The summed E-state index contributed by atoms with van der Waals surface area (Å²) in [5, 5.41) is 0. The van der Waals surface area contributed by atoms with Crippen molar-refractivity contribution in [3.8, 4) is 0 Å². The SMILES string of the molecule is CC(C)(C)C.CC1CCC2(CC1)CC(C)(C)CC(C)(C)C2.CC1CCC2(CC1)CCC(C)(C)CC2.CC1CCC2(CCCC2)CC1.CC1CCC2(CCCCC2)CC1.CCC12CC3CC(CC(C3)C1)C2.C[C@@H]1C2CCC(CC2)C1(C)C.[2H]C(C)(C)C. The van der Waals surface area contributed by atoms with Gasteiger partial charge in [-0.15, -0.1) is 0 Å². The lowest BCUT2D eigenvalue weighted by Crippen LogP contribution is -2.45. The Morgan fingerprint density at radius 3 is 0.953 bits per heavy atom. The fourth-order valence-electron chi connectivity index (χ4n) is 22.8. The van der Waals surface area contributed by atoms with Crippen LogP contribution < -0.4 is 0 Å². The summed E-state index contributed by atoms with van der Waals surface area (Å²) in [5.74, 6) is 10.3. The molecule has 6 bridgehead atoms. The molecular formula is C85H160. The maximum atomic E-state index is 6.94. The summed E-state index contributed by atoms with van der Waals surface area (Å²) in [6.45, 7) is 48.7. The van der Waals surface area contributed by atoms with Crippen molar-refractivity contribution in [1.82, 2.24) is 0 Å². The molecule has 4 spiro atoms. The number of hydrogen-bond acceptors (Lipinski definition) is 0. The molecule has 15 aliphatic carbocycles. The Bertz CT molecular complexity index is 1790. The van der Waals surface area contributed by atoms with Crippen LogP contribution in [0.5, 0.6) is 0 Å². The van der Waals surface area contributed by atoms with Gasteiger partial charge in [0, 0.05) is 1.37 Å². The van der Waals surface area contributed by atoms with E-state index in [4.69, 9.17) is 1.37 Å². The van der Waals surface area contributed by atoms with Crippen LogP contribution in [-0.2, 0) is 0 Å². The van der Waals surface area contributed by atoms with E-state index in [0.29, 0.717) is 32.5 Å². The Morgan fingerprint density at radius 2 is 0.671 bits per heavy atom. The van der Waals surface area contributed by atoms with Crippen molar-refractivity contribution in [3.63, 3.8) is 0 Å². The molecule has 0 saturated heterocycles. The molecule has 0 aromatic rings. The maximum Gasteiger partial charge on any atom is 0.0294 e. The highest BCUT2D eigenvalue weighted by molar-refractivity contribution is 5.02. The van der Waals surface area contributed by atoms with Crippen LogP contribution in [0.1, 0.15) is 423 Å². The lowest BCUT2D eigenvalue weighted by Gasteiger charge is -2.56. The van der Waals surface area contributed by atoms with Crippen molar-refractivity contribution < 1.29 is 1.37 Å². The van der Waals surface area contributed by atoms with E-state index in [0.717, 1.165) is 80.8 Å². The molecule has 0 aromatic heterocycles. The smallest absolute Gasteiger partial charge is 0.0294 e. The van der Waals surface area contributed by atoms with Crippen molar-refractivity contribution in [2.75, 3.05) is 0 Å². The minimum atomic E-state index is -0.250. The fraction of sp³-hybridized carbons (Fsp3) is 1.00. The molecule has 15 saturated carbocycles. The molecule has 0 nitrogen and oxygen atoms in total. The molecule has 0 heteroatoms. The molecule has 15 rings (SSSR count). The van der Waals surface area contributed by atoms with Crippen molar-refractivity contribution >= 4 is 0 Å². The van der Waals surface area contributed by atoms with E-state index in [2.05, 4.69) is 125 Å². The van der Waals surface area contributed by atoms with Gasteiger partial charge in [-0.1, -0.05) is 235 Å². The molecule has 0 heterocycles. The first-order chi connectivity index (χ1) is 39.8. The maximum absolute atomic E-state index is 6.94. The number of fused-ring (bicyclic) bond motifs is 3. The normalized spacial score (nSPS) is 36.0. The van der Waals surface area contributed by atoms with Gasteiger partial charge in [-0.05, 0) is 305 Å². The van der Waals surface area contributed by atoms with Crippen LogP contribution in [0.15, 0.2) is 0 Å². The summed E-state index contributed by atoms with van der Waals surface area (Å²) >= 11 is 0.